The third-order valence-corrected chi connectivity index (χ3v) is 1.93. The summed E-state index contributed by atoms with van der Waals surface area (Å²) < 4.78 is 11.1. The fourth-order valence-corrected chi connectivity index (χ4v) is 1.33. The standard InChI is InChI=1S/C10H16O2/c1-3-5-7-10(6-4-2)11-8-9-12-10/h3-5H,2,6-9H2,1H3/b5-3+. The summed E-state index contributed by atoms with van der Waals surface area (Å²) in [6.45, 7) is 7.09. The molecule has 1 aliphatic heterocycles. The molecule has 0 radical (unpaired) electrons. The first kappa shape index (κ1) is 9.49. The largest absolute Gasteiger partial charge is 0.347 e. The Hall–Kier alpha value is -0.600. The van der Waals surface area contributed by atoms with Gasteiger partial charge in [-0.15, -0.1) is 6.58 Å². The van der Waals surface area contributed by atoms with Crippen LogP contribution in [-0.4, -0.2) is 19.0 Å². The minimum Gasteiger partial charge on any atom is -0.347 e. The van der Waals surface area contributed by atoms with Crippen molar-refractivity contribution < 1.29 is 9.47 Å². The quantitative estimate of drug-likeness (QED) is 0.599. The molecule has 2 heteroatoms. The van der Waals surface area contributed by atoms with Crippen molar-refractivity contribution in [2.75, 3.05) is 13.2 Å². The van der Waals surface area contributed by atoms with E-state index in [1.807, 2.05) is 19.1 Å². The third-order valence-electron chi connectivity index (χ3n) is 1.93. The first-order valence-corrected chi connectivity index (χ1v) is 4.33. The molecule has 0 amide bonds. The molecule has 2 nitrogen and oxygen atoms in total. The van der Waals surface area contributed by atoms with Crippen LogP contribution < -0.4 is 0 Å². The van der Waals surface area contributed by atoms with Crippen LogP contribution in [0, 0.1) is 0 Å². The van der Waals surface area contributed by atoms with Gasteiger partial charge < -0.3 is 9.47 Å². The summed E-state index contributed by atoms with van der Waals surface area (Å²) in [6.07, 6.45) is 7.49. The van der Waals surface area contributed by atoms with Crippen LogP contribution in [0.15, 0.2) is 24.8 Å². The van der Waals surface area contributed by atoms with E-state index >= 15 is 0 Å². The molecule has 0 aromatic heterocycles. The lowest BCUT2D eigenvalue weighted by molar-refractivity contribution is -0.151. The number of ether oxygens (including phenoxy) is 2. The molecule has 0 aromatic rings. The predicted octanol–water partition coefficient (Wildman–Crippen LogP) is 2.27. The summed E-state index contributed by atoms with van der Waals surface area (Å²) in [5.41, 5.74) is 0. The molecule has 0 aromatic carbocycles. The van der Waals surface area contributed by atoms with Gasteiger partial charge >= 0.3 is 0 Å². The average molecular weight is 168 g/mol. The van der Waals surface area contributed by atoms with Gasteiger partial charge in [0.1, 0.15) is 0 Å². The van der Waals surface area contributed by atoms with Crippen molar-refractivity contribution in [1.82, 2.24) is 0 Å². The monoisotopic (exact) mass is 168 g/mol. The Balaban J connectivity index is 2.51. The van der Waals surface area contributed by atoms with Gasteiger partial charge in [0.05, 0.1) is 13.2 Å². The Morgan fingerprint density at radius 3 is 2.50 bits per heavy atom. The van der Waals surface area contributed by atoms with Crippen molar-refractivity contribution in [3.63, 3.8) is 0 Å². The van der Waals surface area contributed by atoms with Gasteiger partial charge in [-0.2, -0.15) is 0 Å². The molecule has 1 aliphatic rings. The van der Waals surface area contributed by atoms with E-state index in [4.69, 9.17) is 9.47 Å². The van der Waals surface area contributed by atoms with Gasteiger partial charge in [0.2, 0.25) is 0 Å². The van der Waals surface area contributed by atoms with E-state index in [0.29, 0.717) is 13.2 Å². The van der Waals surface area contributed by atoms with Crippen molar-refractivity contribution in [1.29, 1.82) is 0 Å². The highest BCUT2D eigenvalue weighted by Gasteiger charge is 2.33. The van der Waals surface area contributed by atoms with E-state index < -0.39 is 5.79 Å². The molecule has 0 N–H and O–H groups in total. The summed E-state index contributed by atoms with van der Waals surface area (Å²) in [5, 5.41) is 0. The number of hydrogen-bond acceptors (Lipinski definition) is 2. The second kappa shape index (κ2) is 4.43. The number of hydrogen-bond donors (Lipinski definition) is 0. The van der Waals surface area contributed by atoms with E-state index in [9.17, 15) is 0 Å². The molecule has 0 saturated carbocycles. The Labute approximate surface area is 73.9 Å². The maximum atomic E-state index is 5.54. The lowest BCUT2D eigenvalue weighted by Gasteiger charge is -2.24. The summed E-state index contributed by atoms with van der Waals surface area (Å²) in [7, 11) is 0. The fraction of sp³-hybridized carbons (Fsp3) is 0.600. The van der Waals surface area contributed by atoms with Crippen LogP contribution in [0.5, 0.6) is 0 Å². The lowest BCUT2D eigenvalue weighted by Crippen LogP contribution is -2.28. The van der Waals surface area contributed by atoms with Gasteiger partial charge in [-0.25, -0.2) is 0 Å². The molecule has 1 rings (SSSR count). The normalized spacial score (nSPS) is 21.8. The van der Waals surface area contributed by atoms with Crippen LogP contribution in [0.2, 0.25) is 0 Å². The molecule has 0 bridgehead atoms. The maximum Gasteiger partial charge on any atom is 0.175 e. The number of allylic oxidation sites excluding steroid dienone is 1. The highest BCUT2D eigenvalue weighted by atomic mass is 16.7. The second-order valence-electron chi connectivity index (χ2n) is 2.87. The van der Waals surface area contributed by atoms with Gasteiger partial charge in [0.15, 0.2) is 5.79 Å². The Kier molecular flexibility index (Phi) is 3.50. The zero-order valence-electron chi connectivity index (χ0n) is 7.58. The lowest BCUT2D eigenvalue weighted by atomic mass is 10.1. The minimum atomic E-state index is -0.408. The van der Waals surface area contributed by atoms with Crippen molar-refractivity contribution in [3.8, 4) is 0 Å². The summed E-state index contributed by atoms with van der Waals surface area (Å²) in [5.74, 6) is -0.408. The second-order valence-corrected chi connectivity index (χ2v) is 2.87. The topological polar surface area (TPSA) is 18.5 Å². The van der Waals surface area contributed by atoms with Crippen LogP contribution in [0.1, 0.15) is 19.8 Å². The molecule has 0 spiro atoms. The van der Waals surface area contributed by atoms with Crippen LogP contribution in [-0.2, 0) is 9.47 Å². The van der Waals surface area contributed by atoms with E-state index in [1.54, 1.807) is 0 Å². The molecule has 12 heavy (non-hydrogen) atoms. The van der Waals surface area contributed by atoms with Gasteiger partial charge in [0, 0.05) is 12.8 Å². The molecule has 0 atom stereocenters. The van der Waals surface area contributed by atoms with E-state index in [2.05, 4.69) is 12.7 Å². The van der Waals surface area contributed by atoms with E-state index in [1.165, 1.54) is 0 Å². The first-order chi connectivity index (χ1) is 5.83. The number of rotatable bonds is 4. The summed E-state index contributed by atoms with van der Waals surface area (Å²) in [6, 6.07) is 0. The highest BCUT2D eigenvalue weighted by Crippen LogP contribution is 2.27. The van der Waals surface area contributed by atoms with Crippen LogP contribution in [0.3, 0.4) is 0 Å². The van der Waals surface area contributed by atoms with Crippen molar-refractivity contribution in [2.45, 2.75) is 25.6 Å². The smallest absolute Gasteiger partial charge is 0.175 e. The predicted molar refractivity (Wildman–Crippen MR) is 48.9 cm³/mol. The van der Waals surface area contributed by atoms with Crippen molar-refractivity contribution >= 4 is 0 Å². The van der Waals surface area contributed by atoms with Gasteiger partial charge in [0.25, 0.3) is 0 Å². The zero-order valence-corrected chi connectivity index (χ0v) is 7.58. The Bertz CT molecular complexity index is 167. The molecule has 1 heterocycles. The van der Waals surface area contributed by atoms with Gasteiger partial charge in [-0.1, -0.05) is 18.2 Å². The van der Waals surface area contributed by atoms with Crippen LogP contribution in [0.25, 0.3) is 0 Å². The Morgan fingerprint density at radius 2 is 2.00 bits per heavy atom. The molecular weight excluding hydrogens is 152 g/mol. The van der Waals surface area contributed by atoms with Crippen molar-refractivity contribution in [2.24, 2.45) is 0 Å². The third kappa shape index (κ3) is 2.19. The average Bonchev–Trinajstić information content (AvgIpc) is 2.51. The van der Waals surface area contributed by atoms with E-state index in [0.717, 1.165) is 12.8 Å². The Morgan fingerprint density at radius 1 is 1.33 bits per heavy atom. The fourth-order valence-electron chi connectivity index (χ4n) is 1.33. The van der Waals surface area contributed by atoms with Crippen LogP contribution in [0.4, 0.5) is 0 Å². The molecule has 1 fully saturated rings. The zero-order chi connectivity index (χ0) is 8.86. The molecule has 1 saturated heterocycles. The molecule has 0 aliphatic carbocycles. The van der Waals surface area contributed by atoms with Crippen molar-refractivity contribution in [3.05, 3.63) is 24.8 Å². The van der Waals surface area contributed by atoms with Gasteiger partial charge in [-0.05, 0) is 6.92 Å². The summed E-state index contributed by atoms with van der Waals surface area (Å²) in [4.78, 5) is 0. The maximum absolute atomic E-state index is 5.54. The van der Waals surface area contributed by atoms with E-state index in [-0.39, 0.29) is 0 Å². The summed E-state index contributed by atoms with van der Waals surface area (Å²) >= 11 is 0. The van der Waals surface area contributed by atoms with Gasteiger partial charge in [-0.3, -0.25) is 0 Å². The molecule has 0 unspecified atom stereocenters. The minimum absolute atomic E-state index is 0.408. The van der Waals surface area contributed by atoms with Crippen LogP contribution >= 0.6 is 0 Å². The molecule has 68 valence electrons. The highest BCUT2D eigenvalue weighted by molar-refractivity contribution is 4.91. The first-order valence-electron chi connectivity index (χ1n) is 4.33. The SMILES string of the molecule is C=CCC1(C/C=C/C)OCCO1. The molecular formula is C10H16O2.